The fourth-order valence-electron chi connectivity index (χ4n) is 5.53. The van der Waals surface area contributed by atoms with Crippen molar-refractivity contribution in [3.05, 3.63) is 45.5 Å². The zero-order chi connectivity index (χ0) is 24.6. The molecule has 1 fully saturated rings. The first-order valence-corrected chi connectivity index (χ1v) is 10.3. The number of ketones is 1. The monoisotopic (exact) mass is 460 g/mol. The predicted octanol–water partition coefficient (Wildman–Crippen LogP) is 0.0125. The molecule has 0 bridgehead atoms. The smallest absolute Gasteiger partial charge is 0.254 e. The quantitative estimate of drug-likeness (QED) is 0.328. The van der Waals surface area contributed by atoms with Crippen molar-refractivity contribution in [1.82, 2.24) is 4.90 Å². The lowest BCUT2D eigenvalue weighted by atomic mass is 9.57. The maximum Gasteiger partial charge on any atom is 0.254 e. The van der Waals surface area contributed by atoms with Gasteiger partial charge in [0.1, 0.15) is 28.7 Å². The van der Waals surface area contributed by atoms with Crippen LogP contribution in [0.2, 0.25) is 0 Å². The number of fused-ring (bicyclic) bond motifs is 3. The van der Waals surface area contributed by atoms with Gasteiger partial charge >= 0.3 is 0 Å². The zero-order valence-corrected chi connectivity index (χ0v) is 18.0. The maximum atomic E-state index is 14.8. The SMILES string of the molecule is CN(C)[C@@H]1C(O)=C(C(N)=O)C(=N)[C@@]2(O)C(=O)C3=C(O)c4c(O)c(CN)cc(F)c4C[C@H]3C[C@@H]12. The number of aromatic hydroxyl groups is 1. The highest BCUT2D eigenvalue weighted by Gasteiger charge is 2.63. The number of halogens is 1. The number of phenolic OH excluding ortho intramolecular Hbond substituents is 1. The summed E-state index contributed by atoms with van der Waals surface area (Å²) in [7, 11) is 3.12. The third kappa shape index (κ3) is 2.86. The molecule has 4 rings (SSSR count). The number of nitrogens with two attached hydrogens (primary N) is 2. The van der Waals surface area contributed by atoms with E-state index in [9.17, 15) is 34.4 Å². The molecule has 0 unspecified atom stereocenters. The number of hydrogen-bond acceptors (Lipinski definition) is 9. The van der Waals surface area contributed by atoms with Crippen LogP contribution in [0.5, 0.6) is 5.75 Å². The molecule has 1 amide bonds. The lowest BCUT2D eigenvalue weighted by Crippen LogP contribution is -2.67. The first kappa shape index (κ1) is 22.9. The average Bonchev–Trinajstić information content (AvgIpc) is 2.72. The van der Waals surface area contributed by atoms with Gasteiger partial charge in [-0.05, 0) is 38.9 Å². The number of phenols is 1. The molecular weight excluding hydrogens is 435 g/mol. The molecule has 33 heavy (non-hydrogen) atoms. The molecule has 11 heteroatoms. The van der Waals surface area contributed by atoms with Crippen molar-refractivity contribution < 1.29 is 34.4 Å². The standard InChI is InChI=1S/C22H25FN4O6/c1-27(2)15-10-4-7-3-9-11(23)5-8(6-24)16(28)13(9)17(29)12(7)20(31)22(10,33)19(25)14(18(15)30)21(26)32/h5,7,10,15,25,28-30,33H,3-4,6,24H2,1-2H3,(H2,26,32)/t7-,10-,15-,22+/m0/s1. The molecule has 176 valence electrons. The largest absolute Gasteiger partial charge is 0.510 e. The number of aliphatic hydroxyl groups excluding tert-OH is 2. The van der Waals surface area contributed by atoms with Crippen molar-refractivity contribution >= 4 is 23.2 Å². The molecule has 0 aliphatic heterocycles. The number of nitrogens with zero attached hydrogens (tertiary/aromatic N) is 1. The number of rotatable bonds is 3. The van der Waals surface area contributed by atoms with Gasteiger partial charge in [-0.25, -0.2) is 4.39 Å². The maximum absolute atomic E-state index is 14.8. The molecule has 1 saturated carbocycles. The van der Waals surface area contributed by atoms with Gasteiger partial charge in [0.2, 0.25) is 5.78 Å². The number of amides is 1. The van der Waals surface area contributed by atoms with E-state index in [1.165, 1.54) is 4.90 Å². The molecule has 3 aliphatic rings. The van der Waals surface area contributed by atoms with Crippen LogP contribution in [0.1, 0.15) is 23.1 Å². The fourth-order valence-corrected chi connectivity index (χ4v) is 5.53. The summed E-state index contributed by atoms with van der Waals surface area (Å²) in [6, 6.07) is 0.0264. The van der Waals surface area contributed by atoms with Gasteiger partial charge in [0.25, 0.3) is 5.91 Å². The number of hydrogen-bond donors (Lipinski definition) is 7. The molecule has 1 aromatic rings. The van der Waals surface area contributed by atoms with Gasteiger partial charge in [0.15, 0.2) is 5.60 Å². The molecule has 4 atom stereocenters. The van der Waals surface area contributed by atoms with Crippen molar-refractivity contribution in [2.45, 2.75) is 31.0 Å². The number of primary amides is 1. The van der Waals surface area contributed by atoms with Crippen molar-refractivity contribution in [2.24, 2.45) is 23.3 Å². The number of nitrogens with one attached hydrogen (secondary N) is 1. The van der Waals surface area contributed by atoms with Crippen LogP contribution in [0.3, 0.4) is 0 Å². The van der Waals surface area contributed by atoms with E-state index in [1.54, 1.807) is 14.1 Å². The van der Waals surface area contributed by atoms with E-state index < -0.39 is 69.5 Å². The number of aliphatic hydroxyl groups is 3. The number of carbonyl (C=O) groups excluding carboxylic acids is 2. The fraction of sp³-hybridized carbons (Fsp3) is 0.409. The number of likely N-dealkylation sites (N-methyl/N-ethyl adjacent to an activating group) is 1. The molecule has 0 saturated heterocycles. The molecule has 9 N–H and O–H groups in total. The predicted molar refractivity (Wildman–Crippen MR) is 115 cm³/mol. The molecule has 3 aliphatic carbocycles. The Morgan fingerprint density at radius 1 is 1.33 bits per heavy atom. The van der Waals surface area contributed by atoms with Crippen molar-refractivity contribution in [1.29, 1.82) is 5.41 Å². The molecule has 0 radical (unpaired) electrons. The molecule has 0 spiro atoms. The molecule has 0 heterocycles. The first-order chi connectivity index (χ1) is 15.4. The third-order valence-electron chi connectivity index (χ3n) is 7.02. The van der Waals surface area contributed by atoms with E-state index in [-0.39, 0.29) is 41.6 Å². The van der Waals surface area contributed by atoms with E-state index >= 15 is 0 Å². The topological polar surface area (TPSA) is 194 Å². The second kappa shape index (κ2) is 7.37. The van der Waals surface area contributed by atoms with Crippen molar-refractivity contribution in [2.75, 3.05) is 14.1 Å². The highest BCUT2D eigenvalue weighted by Crippen LogP contribution is 2.52. The van der Waals surface area contributed by atoms with Gasteiger partial charge in [0, 0.05) is 29.2 Å². The summed E-state index contributed by atoms with van der Waals surface area (Å²) in [5, 5.41) is 52.2. The van der Waals surface area contributed by atoms with Gasteiger partial charge in [0.05, 0.1) is 17.3 Å². The molecule has 10 nitrogen and oxygen atoms in total. The molecular formula is C22H25FN4O6. The highest BCUT2D eigenvalue weighted by atomic mass is 19.1. The van der Waals surface area contributed by atoms with Crippen LogP contribution >= 0.6 is 0 Å². The summed E-state index contributed by atoms with van der Waals surface area (Å²) in [5.41, 5.74) is 6.24. The van der Waals surface area contributed by atoms with Crippen LogP contribution in [-0.2, 0) is 22.6 Å². The van der Waals surface area contributed by atoms with Crippen molar-refractivity contribution in [3.63, 3.8) is 0 Å². The Labute approximate surface area is 188 Å². The summed E-state index contributed by atoms with van der Waals surface area (Å²) in [5.74, 6) is -6.54. The summed E-state index contributed by atoms with van der Waals surface area (Å²) in [6.07, 6.45) is -0.0980. The average molecular weight is 460 g/mol. The van der Waals surface area contributed by atoms with Crippen LogP contribution in [0.4, 0.5) is 4.39 Å². The minimum absolute atomic E-state index is 0.000863. The van der Waals surface area contributed by atoms with Crippen LogP contribution in [-0.4, -0.2) is 68.5 Å². The van der Waals surface area contributed by atoms with Crippen LogP contribution in [0, 0.1) is 23.1 Å². The second-order valence-corrected chi connectivity index (χ2v) is 8.93. The summed E-state index contributed by atoms with van der Waals surface area (Å²) >= 11 is 0. The minimum atomic E-state index is -2.58. The van der Waals surface area contributed by atoms with Gasteiger partial charge in [-0.3, -0.25) is 14.5 Å². The van der Waals surface area contributed by atoms with Gasteiger partial charge < -0.3 is 37.3 Å². The summed E-state index contributed by atoms with van der Waals surface area (Å²) < 4.78 is 14.8. The van der Waals surface area contributed by atoms with Crippen LogP contribution in [0.25, 0.3) is 5.76 Å². The Bertz CT molecular complexity index is 1190. The zero-order valence-electron chi connectivity index (χ0n) is 18.0. The van der Waals surface area contributed by atoms with E-state index in [4.69, 9.17) is 16.9 Å². The molecule has 1 aromatic carbocycles. The second-order valence-electron chi connectivity index (χ2n) is 8.93. The Morgan fingerprint density at radius 2 is 1.97 bits per heavy atom. The van der Waals surface area contributed by atoms with E-state index in [0.29, 0.717) is 0 Å². The third-order valence-corrected chi connectivity index (χ3v) is 7.02. The van der Waals surface area contributed by atoms with E-state index in [2.05, 4.69) is 0 Å². The van der Waals surface area contributed by atoms with E-state index in [1.807, 2.05) is 0 Å². The summed E-state index contributed by atoms with van der Waals surface area (Å²) in [6.45, 7) is -0.219. The number of carbonyl (C=O) groups is 2. The van der Waals surface area contributed by atoms with Gasteiger partial charge in [-0.2, -0.15) is 0 Å². The highest BCUT2D eigenvalue weighted by molar-refractivity contribution is 6.33. The lowest BCUT2D eigenvalue weighted by molar-refractivity contribution is -0.138. The number of Topliss-reactive ketones (excluding diaryl/α,β-unsaturated/α-hetero) is 1. The van der Waals surface area contributed by atoms with E-state index in [0.717, 1.165) is 6.07 Å². The minimum Gasteiger partial charge on any atom is -0.510 e. The number of benzene rings is 1. The first-order valence-electron chi connectivity index (χ1n) is 10.3. The Balaban J connectivity index is 1.97. The lowest BCUT2D eigenvalue weighted by Gasteiger charge is -2.51. The van der Waals surface area contributed by atoms with Gasteiger partial charge in [-0.15, -0.1) is 0 Å². The Kier molecular flexibility index (Phi) is 5.11. The van der Waals surface area contributed by atoms with Crippen LogP contribution < -0.4 is 11.5 Å². The normalized spacial score (nSPS) is 29.2. The van der Waals surface area contributed by atoms with Crippen LogP contribution in [0.15, 0.2) is 23.0 Å². The van der Waals surface area contributed by atoms with Crippen molar-refractivity contribution in [3.8, 4) is 5.75 Å². The Morgan fingerprint density at radius 3 is 2.52 bits per heavy atom. The van der Waals surface area contributed by atoms with Gasteiger partial charge in [-0.1, -0.05) is 0 Å². The Hall–Kier alpha value is -3.28. The summed E-state index contributed by atoms with van der Waals surface area (Å²) in [4.78, 5) is 27.1. The molecule has 0 aromatic heterocycles.